The monoisotopic (exact) mass is 612 g/mol. The number of para-hydroxylation sites is 3. The molecule has 0 saturated heterocycles. The summed E-state index contributed by atoms with van der Waals surface area (Å²) in [4.78, 5) is 10.3. The standard InChI is InChI=1S/C44H28N4/c1-4-14-29(15-5-1)43-33-25-24-32(28-36(33)45-44(46-43)30-16-6-2-7-17-30)48-38-23-13-11-21-35(38)42-40(48)27-26-39-41(42)34-20-10-12-22-37(34)47(39)31-18-8-3-9-19-31/h1-28H. The number of fused-ring (bicyclic) bond motifs is 8. The molecule has 0 radical (unpaired) electrons. The van der Waals surface area contributed by atoms with Gasteiger partial charge in [-0.3, -0.25) is 0 Å². The summed E-state index contributed by atoms with van der Waals surface area (Å²) in [6, 6.07) is 60.0. The van der Waals surface area contributed by atoms with Gasteiger partial charge in [0.2, 0.25) is 0 Å². The molecule has 0 saturated carbocycles. The molecule has 48 heavy (non-hydrogen) atoms. The van der Waals surface area contributed by atoms with Crippen molar-refractivity contribution in [3.05, 3.63) is 170 Å². The van der Waals surface area contributed by atoms with E-state index in [1.165, 1.54) is 38.1 Å². The lowest BCUT2D eigenvalue weighted by Gasteiger charge is -2.13. The molecule has 0 amide bonds. The van der Waals surface area contributed by atoms with E-state index >= 15 is 0 Å². The molecular weight excluding hydrogens is 585 g/mol. The Morgan fingerprint density at radius 3 is 1.50 bits per heavy atom. The molecule has 3 aromatic heterocycles. The third-order valence-electron chi connectivity index (χ3n) is 9.50. The van der Waals surface area contributed by atoms with Crippen molar-refractivity contribution in [2.24, 2.45) is 0 Å². The van der Waals surface area contributed by atoms with Gasteiger partial charge in [0, 0.05) is 49.4 Å². The average Bonchev–Trinajstić information content (AvgIpc) is 3.68. The Morgan fingerprint density at radius 2 is 0.875 bits per heavy atom. The molecule has 0 aliphatic carbocycles. The first kappa shape index (κ1) is 26.7. The first-order valence-corrected chi connectivity index (χ1v) is 16.3. The van der Waals surface area contributed by atoms with E-state index in [-0.39, 0.29) is 0 Å². The molecule has 0 bridgehead atoms. The van der Waals surface area contributed by atoms with Gasteiger partial charge < -0.3 is 9.13 Å². The first-order valence-electron chi connectivity index (χ1n) is 16.3. The molecule has 10 aromatic rings. The first-order chi connectivity index (χ1) is 23.8. The van der Waals surface area contributed by atoms with Gasteiger partial charge in [-0.25, -0.2) is 9.97 Å². The minimum atomic E-state index is 0.719. The van der Waals surface area contributed by atoms with Crippen molar-refractivity contribution >= 4 is 54.5 Å². The van der Waals surface area contributed by atoms with E-state index < -0.39 is 0 Å². The van der Waals surface area contributed by atoms with Crippen molar-refractivity contribution in [1.29, 1.82) is 0 Å². The van der Waals surface area contributed by atoms with Gasteiger partial charge in [0.25, 0.3) is 0 Å². The Balaban J connectivity index is 1.28. The zero-order valence-corrected chi connectivity index (χ0v) is 26.0. The Labute approximate surface area is 276 Å². The maximum Gasteiger partial charge on any atom is 0.160 e. The fourth-order valence-electron chi connectivity index (χ4n) is 7.44. The molecule has 0 aliphatic heterocycles. The maximum atomic E-state index is 5.16. The summed E-state index contributed by atoms with van der Waals surface area (Å²) >= 11 is 0. The van der Waals surface area contributed by atoms with Crippen LogP contribution < -0.4 is 0 Å². The second kappa shape index (κ2) is 10.5. The second-order valence-corrected chi connectivity index (χ2v) is 12.2. The smallest absolute Gasteiger partial charge is 0.160 e. The highest BCUT2D eigenvalue weighted by Crippen LogP contribution is 2.42. The van der Waals surface area contributed by atoms with E-state index in [1.807, 2.05) is 24.3 Å². The Bertz CT molecular complexity index is 2810. The van der Waals surface area contributed by atoms with Crippen molar-refractivity contribution in [3.8, 4) is 34.0 Å². The third kappa shape index (κ3) is 3.96. The molecule has 0 atom stereocenters. The summed E-state index contributed by atoms with van der Waals surface area (Å²) in [7, 11) is 0. The number of rotatable bonds is 4. The van der Waals surface area contributed by atoms with Crippen LogP contribution in [-0.2, 0) is 0 Å². The summed E-state index contributed by atoms with van der Waals surface area (Å²) in [5, 5.41) is 6.02. The van der Waals surface area contributed by atoms with E-state index in [0.717, 1.165) is 50.4 Å². The number of benzene rings is 7. The van der Waals surface area contributed by atoms with E-state index in [9.17, 15) is 0 Å². The molecule has 0 unspecified atom stereocenters. The Morgan fingerprint density at radius 1 is 0.354 bits per heavy atom. The van der Waals surface area contributed by atoms with E-state index in [1.54, 1.807) is 0 Å². The van der Waals surface area contributed by atoms with Crippen LogP contribution in [-0.4, -0.2) is 19.1 Å². The van der Waals surface area contributed by atoms with Crippen LogP contribution in [0.25, 0.3) is 88.5 Å². The normalized spacial score (nSPS) is 11.8. The molecule has 224 valence electrons. The van der Waals surface area contributed by atoms with Gasteiger partial charge in [-0.15, -0.1) is 0 Å². The summed E-state index contributed by atoms with van der Waals surface area (Å²) in [5.41, 5.74) is 10.9. The van der Waals surface area contributed by atoms with Crippen LogP contribution >= 0.6 is 0 Å². The number of nitrogens with zero attached hydrogens (tertiary/aromatic N) is 4. The average molecular weight is 613 g/mol. The van der Waals surface area contributed by atoms with Gasteiger partial charge in [-0.1, -0.05) is 115 Å². The number of aromatic nitrogens is 4. The van der Waals surface area contributed by atoms with Crippen molar-refractivity contribution in [3.63, 3.8) is 0 Å². The largest absolute Gasteiger partial charge is 0.309 e. The van der Waals surface area contributed by atoms with Crippen LogP contribution in [0.2, 0.25) is 0 Å². The van der Waals surface area contributed by atoms with Gasteiger partial charge in [0.05, 0.1) is 33.3 Å². The summed E-state index contributed by atoms with van der Waals surface area (Å²) in [6.45, 7) is 0. The summed E-state index contributed by atoms with van der Waals surface area (Å²) in [5.74, 6) is 0.719. The van der Waals surface area contributed by atoms with Crippen molar-refractivity contribution in [1.82, 2.24) is 19.1 Å². The zero-order valence-electron chi connectivity index (χ0n) is 26.0. The van der Waals surface area contributed by atoms with Crippen LogP contribution in [0.5, 0.6) is 0 Å². The number of hydrogen-bond donors (Lipinski definition) is 0. The van der Waals surface area contributed by atoms with Gasteiger partial charge >= 0.3 is 0 Å². The van der Waals surface area contributed by atoms with Crippen LogP contribution in [0.1, 0.15) is 0 Å². The lowest BCUT2D eigenvalue weighted by atomic mass is 10.0. The highest BCUT2D eigenvalue weighted by molar-refractivity contribution is 6.29. The fraction of sp³-hybridized carbons (Fsp3) is 0. The molecule has 0 spiro atoms. The second-order valence-electron chi connectivity index (χ2n) is 12.2. The van der Waals surface area contributed by atoms with Crippen molar-refractivity contribution in [2.75, 3.05) is 0 Å². The van der Waals surface area contributed by atoms with Crippen molar-refractivity contribution < 1.29 is 0 Å². The molecule has 4 heteroatoms. The minimum absolute atomic E-state index is 0.719. The summed E-state index contributed by atoms with van der Waals surface area (Å²) in [6.07, 6.45) is 0. The third-order valence-corrected chi connectivity index (χ3v) is 9.50. The van der Waals surface area contributed by atoms with Gasteiger partial charge in [-0.05, 0) is 54.6 Å². The van der Waals surface area contributed by atoms with E-state index in [4.69, 9.17) is 9.97 Å². The SMILES string of the molecule is c1ccc(-c2nc(-c3ccccc3)c3ccc(-n4c5ccccc5c5c6c7ccccc7n(-c7ccccc7)c6ccc54)cc3n2)cc1. The zero-order chi connectivity index (χ0) is 31.6. The molecule has 0 N–H and O–H groups in total. The van der Waals surface area contributed by atoms with Crippen LogP contribution in [0.15, 0.2) is 170 Å². The van der Waals surface area contributed by atoms with E-state index in [2.05, 4.69) is 155 Å². The molecule has 10 rings (SSSR count). The lowest BCUT2D eigenvalue weighted by molar-refractivity contribution is 1.17. The van der Waals surface area contributed by atoms with Crippen LogP contribution in [0, 0.1) is 0 Å². The predicted molar refractivity (Wildman–Crippen MR) is 199 cm³/mol. The highest BCUT2D eigenvalue weighted by atomic mass is 15.0. The molecule has 0 aliphatic rings. The fourth-order valence-corrected chi connectivity index (χ4v) is 7.44. The maximum absolute atomic E-state index is 5.16. The molecular formula is C44H28N4. The lowest BCUT2D eigenvalue weighted by Crippen LogP contribution is -1.98. The van der Waals surface area contributed by atoms with Crippen molar-refractivity contribution in [2.45, 2.75) is 0 Å². The highest BCUT2D eigenvalue weighted by Gasteiger charge is 2.21. The Hall–Kier alpha value is -6.52. The quantitative estimate of drug-likeness (QED) is 0.198. The summed E-state index contributed by atoms with van der Waals surface area (Å²) < 4.78 is 4.78. The topological polar surface area (TPSA) is 35.6 Å². The van der Waals surface area contributed by atoms with Gasteiger partial charge in [0.1, 0.15) is 0 Å². The van der Waals surface area contributed by atoms with Crippen LogP contribution in [0.4, 0.5) is 0 Å². The molecule has 7 aromatic carbocycles. The van der Waals surface area contributed by atoms with E-state index in [0.29, 0.717) is 0 Å². The van der Waals surface area contributed by atoms with Gasteiger partial charge in [0.15, 0.2) is 5.82 Å². The van der Waals surface area contributed by atoms with Gasteiger partial charge in [-0.2, -0.15) is 0 Å². The number of hydrogen-bond acceptors (Lipinski definition) is 2. The minimum Gasteiger partial charge on any atom is -0.309 e. The predicted octanol–water partition coefficient (Wildman–Crippen LogP) is 11.2. The molecule has 0 fully saturated rings. The molecule has 3 heterocycles. The molecule has 4 nitrogen and oxygen atoms in total. The Kier molecular flexibility index (Phi) is 5.84. The van der Waals surface area contributed by atoms with Crippen LogP contribution in [0.3, 0.4) is 0 Å².